The Morgan fingerprint density at radius 1 is 1.30 bits per heavy atom. The topological polar surface area (TPSA) is 62.1 Å². The number of aryl methyl sites for hydroxylation is 1. The van der Waals surface area contributed by atoms with Crippen molar-refractivity contribution in [2.24, 2.45) is 5.92 Å². The largest absolute Gasteiger partial charge is 0.391 e. The van der Waals surface area contributed by atoms with E-state index in [-0.39, 0.29) is 12.0 Å². The highest BCUT2D eigenvalue weighted by Crippen LogP contribution is 2.23. The number of aromatic nitrogens is 3. The second kappa shape index (κ2) is 5.95. The van der Waals surface area contributed by atoms with E-state index in [0.29, 0.717) is 6.54 Å². The van der Waals surface area contributed by atoms with Gasteiger partial charge >= 0.3 is 0 Å². The third-order valence-corrected chi connectivity index (χ3v) is 4.48. The minimum Gasteiger partial charge on any atom is -0.391 e. The molecule has 1 aliphatic heterocycles. The number of hydrogen-bond donors (Lipinski definition) is 1. The fourth-order valence-electron chi connectivity index (χ4n) is 2.69. The standard InChI is InChI=1S/C14H18N4OS/c1-10-16-17-14(20-10)9-18-7-12(13(19)8-18)6-11-2-4-15-5-3-11/h2-5,12-13,19H,6-9H2,1H3/t12-,13+/m1/s1. The van der Waals surface area contributed by atoms with Gasteiger partial charge in [-0.15, -0.1) is 21.5 Å². The van der Waals surface area contributed by atoms with E-state index in [1.807, 2.05) is 19.1 Å². The van der Waals surface area contributed by atoms with Crippen LogP contribution in [0.15, 0.2) is 24.5 Å². The molecule has 106 valence electrons. The second-order valence-electron chi connectivity index (χ2n) is 5.30. The maximum atomic E-state index is 10.2. The van der Waals surface area contributed by atoms with Crippen LogP contribution in [0.1, 0.15) is 15.6 Å². The van der Waals surface area contributed by atoms with Crippen LogP contribution in [0.4, 0.5) is 0 Å². The van der Waals surface area contributed by atoms with Crippen LogP contribution in [0.5, 0.6) is 0 Å². The van der Waals surface area contributed by atoms with Crippen molar-refractivity contribution in [3.8, 4) is 0 Å². The van der Waals surface area contributed by atoms with Gasteiger partial charge in [-0.05, 0) is 31.0 Å². The summed E-state index contributed by atoms with van der Waals surface area (Å²) in [6.45, 7) is 4.37. The summed E-state index contributed by atoms with van der Waals surface area (Å²) in [5.41, 5.74) is 1.23. The van der Waals surface area contributed by atoms with Gasteiger partial charge in [0.05, 0.1) is 12.6 Å². The molecule has 1 saturated heterocycles. The van der Waals surface area contributed by atoms with Gasteiger partial charge in [0.1, 0.15) is 10.0 Å². The number of aliphatic hydroxyl groups is 1. The van der Waals surface area contributed by atoms with E-state index in [1.165, 1.54) is 5.56 Å². The van der Waals surface area contributed by atoms with Gasteiger partial charge in [0.15, 0.2) is 0 Å². The smallest absolute Gasteiger partial charge is 0.131 e. The van der Waals surface area contributed by atoms with Crippen molar-refractivity contribution < 1.29 is 5.11 Å². The number of β-amino-alcohol motifs (C(OH)–C–C–N with tert-alkyl or cyclic N) is 1. The zero-order chi connectivity index (χ0) is 13.9. The van der Waals surface area contributed by atoms with Crippen molar-refractivity contribution in [1.82, 2.24) is 20.1 Å². The molecule has 2 aromatic rings. The minimum atomic E-state index is -0.266. The third kappa shape index (κ3) is 3.20. The highest BCUT2D eigenvalue weighted by Gasteiger charge is 2.31. The molecule has 1 N–H and O–H groups in total. The van der Waals surface area contributed by atoms with Crippen molar-refractivity contribution in [1.29, 1.82) is 0 Å². The number of rotatable bonds is 4. The van der Waals surface area contributed by atoms with Crippen LogP contribution in [0.2, 0.25) is 0 Å². The molecule has 0 aliphatic carbocycles. The van der Waals surface area contributed by atoms with Crippen LogP contribution < -0.4 is 0 Å². The van der Waals surface area contributed by atoms with E-state index in [2.05, 4.69) is 20.1 Å². The number of hydrogen-bond acceptors (Lipinski definition) is 6. The van der Waals surface area contributed by atoms with Crippen LogP contribution in [-0.4, -0.2) is 44.4 Å². The Balaban J connectivity index is 1.59. The highest BCUT2D eigenvalue weighted by atomic mass is 32.1. The predicted octanol–water partition coefficient (Wildman–Crippen LogP) is 1.28. The Morgan fingerprint density at radius 2 is 2.10 bits per heavy atom. The van der Waals surface area contributed by atoms with Crippen molar-refractivity contribution >= 4 is 11.3 Å². The molecule has 0 unspecified atom stereocenters. The first-order chi connectivity index (χ1) is 9.70. The summed E-state index contributed by atoms with van der Waals surface area (Å²) in [6, 6.07) is 4.03. The average Bonchev–Trinajstić information content (AvgIpc) is 2.98. The van der Waals surface area contributed by atoms with E-state index >= 15 is 0 Å². The molecule has 6 heteroatoms. The minimum absolute atomic E-state index is 0.266. The summed E-state index contributed by atoms with van der Waals surface area (Å²) in [5, 5.41) is 20.4. The van der Waals surface area contributed by atoms with E-state index in [1.54, 1.807) is 23.7 Å². The van der Waals surface area contributed by atoms with Gasteiger partial charge in [-0.25, -0.2) is 0 Å². The Morgan fingerprint density at radius 3 is 2.80 bits per heavy atom. The quantitative estimate of drug-likeness (QED) is 0.919. The van der Waals surface area contributed by atoms with E-state index in [4.69, 9.17) is 0 Å². The van der Waals surface area contributed by atoms with Crippen molar-refractivity contribution in [2.75, 3.05) is 13.1 Å². The molecular formula is C14H18N4OS. The van der Waals surface area contributed by atoms with Gasteiger partial charge in [0.25, 0.3) is 0 Å². The summed E-state index contributed by atoms with van der Waals surface area (Å²) in [4.78, 5) is 6.29. The van der Waals surface area contributed by atoms with Crippen LogP contribution in [0, 0.1) is 12.8 Å². The lowest BCUT2D eigenvalue weighted by Gasteiger charge is -2.14. The predicted molar refractivity (Wildman–Crippen MR) is 77.4 cm³/mol. The number of aliphatic hydroxyl groups excluding tert-OH is 1. The maximum Gasteiger partial charge on any atom is 0.131 e. The van der Waals surface area contributed by atoms with Crippen LogP contribution in [-0.2, 0) is 13.0 Å². The first-order valence-corrected chi connectivity index (χ1v) is 7.60. The SMILES string of the molecule is Cc1nnc(CN2C[C@@H](Cc3ccncc3)[C@@H](O)C2)s1. The summed E-state index contributed by atoms with van der Waals surface area (Å²) in [6.07, 6.45) is 4.24. The highest BCUT2D eigenvalue weighted by molar-refractivity contribution is 7.11. The van der Waals surface area contributed by atoms with Crippen molar-refractivity contribution in [3.05, 3.63) is 40.1 Å². The Kier molecular flexibility index (Phi) is 4.05. The molecular weight excluding hydrogens is 272 g/mol. The second-order valence-corrected chi connectivity index (χ2v) is 6.56. The lowest BCUT2D eigenvalue weighted by Crippen LogP contribution is -2.21. The van der Waals surface area contributed by atoms with E-state index in [9.17, 15) is 5.11 Å². The lowest BCUT2D eigenvalue weighted by atomic mass is 9.97. The molecule has 0 bridgehead atoms. The molecule has 5 nitrogen and oxygen atoms in total. The molecule has 2 aromatic heterocycles. The molecule has 20 heavy (non-hydrogen) atoms. The molecule has 0 saturated carbocycles. The zero-order valence-corrected chi connectivity index (χ0v) is 12.3. The van der Waals surface area contributed by atoms with Gasteiger partial charge < -0.3 is 5.11 Å². The van der Waals surface area contributed by atoms with E-state index < -0.39 is 0 Å². The van der Waals surface area contributed by atoms with E-state index in [0.717, 1.165) is 29.5 Å². The van der Waals surface area contributed by atoms with Crippen molar-refractivity contribution in [3.63, 3.8) is 0 Å². The third-order valence-electron chi connectivity index (χ3n) is 3.66. The summed E-state index contributed by atoms with van der Waals surface area (Å²) < 4.78 is 0. The summed E-state index contributed by atoms with van der Waals surface area (Å²) in [7, 11) is 0. The van der Waals surface area contributed by atoms with Gasteiger partial charge in [-0.1, -0.05) is 0 Å². The first kappa shape index (κ1) is 13.6. The van der Waals surface area contributed by atoms with Gasteiger partial charge in [-0.2, -0.15) is 0 Å². The molecule has 3 heterocycles. The number of nitrogens with zero attached hydrogens (tertiary/aromatic N) is 4. The zero-order valence-electron chi connectivity index (χ0n) is 11.4. The lowest BCUT2D eigenvalue weighted by molar-refractivity contribution is 0.141. The Bertz CT molecular complexity index is 559. The molecule has 1 fully saturated rings. The summed E-state index contributed by atoms with van der Waals surface area (Å²) in [5.74, 6) is 0.284. The molecule has 3 rings (SSSR count). The fraction of sp³-hybridized carbons (Fsp3) is 0.500. The summed E-state index contributed by atoms with van der Waals surface area (Å²) >= 11 is 1.63. The maximum absolute atomic E-state index is 10.2. The van der Waals surface area contributed by atoms with Gasteiger partial charge in [0, 0.05) is 31.4 Å². The molecule has 2 atom stereocenters. The first-order valence-electron chi connectivity index (χ1n) is 6.79. The number of likely N-dealkylation sites (tertiary alicyclic amines) is 1. The van der Waals surface area contributed by atoms with Gasteiger partial charge in [0.2, 0.25) is 0 Å². The Hall–Kier alpha value is -1.37. The van der Waals surface area contributed by atoms with Gasteiger partial charge in [-0.3, -0.25) is 9.88 Å². The normalized spacial score (nSPS) is 23.3. The molecule has 0 aromatic carbocycles. The average molecular weight is 290 g/mol. The monoisotopic (exact) mass is 290 g/mol. The molecule has 0 spiro atoms. The van der Waals surface area contributed by atoms with Crippen LogP contribution >= 0.6 is 11.3 Å². The fourth-order valence-corrected chi connectivity index (χ4v) is 3.44. The van der Waals surface area contributed by atoms with Crippen molar-refractivity contribution in [2.45, 2.75) is 26.0 Å². The van der Waals surface area contributed by atoms with Crippen LogP contribution in [0.25, 0.3) is 0 Å². The molecule has 0 amide bonds. The number of pyridine rings is 1. The van der Waals surface area contributed by atoms with Crippen LogP contribution in [0.3, 0.4) is 0 Å². The molecule has 0 radical (unpaired) electrons. The Labute approximate surface area is 122 Å². The molecule has 1 aliphatic rings.